The van der Waals surface area contributed by atoms with Gasteiger partial charge in [-0.25, -0.2) is 4.79 Å². The summed E-state index contributed by atoms with van der Waals surface area (Å²) in [6.45, 7) is 34.3. The molecule has 0 heterocycles. The molecular formula is C52H102N6O13. The predicted octanol–water partition coefficient (Wildman–Crippen LogP) is 6.54. The smallest absolute Gasteiger partial charge is 0.373 e. The molecule has 19 heteroatoms. The van der Waals surface area contributed by atoms with Gasteiger partial charge in [-0.05, 0) is 102 Å². The van der Waals surface area contributed by atoms with Crippen molar-refractivity contribution in [1.82, 2.24) is 16.0 Å². The van der Waals surface area contributed by atoms with Crippen LogP contribution in [0.3, 0.4) is 0 Å². The molecule has 418 valence electrons. The molecule has 0 rings (SSSR count). The lowest BCUT2D eigenvalue weighted by molar-refractivity contribution is -0.193. The maximum atomic E-state index is 11.7. The lowest BCUT2D eigenvalue weighted by Gasteiger charge is -2.19. The summed E-state index contributed by atoms with van der Waals surface area (Å²) in [5, 5.41) is 16.9. The molecule has 0 aromatic heterocycles. The number of aliphatic carboxylic acids is 1. The Balaban J connectivity index is -0.000000115. The molecule has 0 radical (unpaired) electrons. The van der Waals surface area contributed by atoms with E-state index in [1.165, 1.54) is 20.8 Å². The fourth-order valence-electron chi connectivity index (χ4n) is 5.84. The first-order valence-electron chi connectivity index (χ1n) is 24.5. The zero-order valence-corrected chi connectivity index (χ0v) is 46.3. The van der Waals surface area contributed by atoms with E-state index in [-0.39, 0.29) is 103 Å². The van der Waals surface area contributed by atoms with E-state index in [4.69, 9.17) is 41.5 Å². The third-order valence-corrected chi connectivity index (χ3v) is 9.32. The van der Waals surface area contributed by atoms with Crippen molar-refractivity contribution < 1.29 is 62.6 Å². The molecule has 0 aliphatic rings. The third kappa shape index (κ3) is 69.5. The van der Waals surface area contributed by atoms with E-state index in [1.54, 1.807) is 0 Å². The van der Waals surface area contributed by atoms with E-state index in [2.05, 4.69) is 43.6 Å². The van der Waals surface area contributed by atoms with Gasteiger partial charge in [-0.2, -0.15) is 19.2 Å². The Labute approximate surface area is 428 Å². The molecule has 7 unspecified atom stereocenters. The largest absolute Gasteiger partial charge is 0.480 e. The molecule has 0 spiro atoms. The summed E-state index contributed by atoms with van der Waals surface area (Å²) in [4.78, 5) is 121. The summed E-state index contributed by atoms with van der Waals surface area (Å²) in [6.07, 6.45) is 7.24. The van der Waals surface area contributed by atoms with Crippen LogP contribution in [0.1, 0.15) is 203 Å². The van der Waals surface area contributed by atoms with Crippen molar-refractivity contribution in [3.05, 3.63) is 0 Å². The monoisotopic (exact) mass is 1020 g/mol. The highest BCUT2D eigenvalue weighted by Gasteiger charge is 2.22. The van der Waals surface area contributed by atoms with Crippen LogP contribution in [0.5, 0.6) is 0 Å². The summed E-state index contributed by atoms with van der Waals surface area (Å²) in [5.74, 6) is 1.65. The second-order valence-electron chi connectivity index (χ2n) is 19.5. The molecule has 0 bridgehead atoms. The summed E-state index contributed by atoms with van der Waals surface area (Å²) in [7, 11) is 0. The Morgan fingerprint density at radius 2 is 0.775 bits per heavy atom. The number of Topliss-reactive ketones (excluding diaryl/α,β-unsaturated/α-hetero) is 4. The van der Waals surface area contributed by atoms with Crippen molar-refractivity contribution >= 4 is 59.1 Å². The van der Waals surface area contributed by atoms with E-state index in [9.17, 15) is 38.4 Å². The Hall–Kier alpha value is -4.80. The molecule has 0 saturated heterocycles. The Morgan fingerprint density at radius 3 is 1.01 bits per heavy atom. The van der Waals surface area contributed by atoms with Gasteiger partial charge in [0, 0.05) is 50.6 Å². The van der Waals surface area contributed by atoms with Gasteiger partial charge in [-0.1, -0.05) is 97.4 Å². The molecule has 0 aliphatic carbocycles. The van der Waals surface area contributed by atoms with E-state index in [0.29, 0.717) is 74.4 Å². The molecular weight excluding hydrogens is 917 g/mol. The minimum atomic E-state index is -0.983. The second-order valence-corrected chi connectivity index (χ2v) is 19.5. The standard InChI is InChI=1S/C13H26N2O2.C11H22N2O3.C9H17NO2.C9H18O.C7H15NO.2CO2.CH4/c1-5-12(16)11(8-9(2)3)15-13(17)7-6-10(4)14;1-7(2)6-9(11(15)16)13-10(14)5-4-8(3)12;1-6(2)5-9(7(3)11)10-8(4)12;1-5-9(10)8(4)6-7(2)3;1-5(2)4-7(8)6(3)9;2*2-1-3;/h9-11H,5-8,14H2,1-4H3,(H,15,17);7-9H,4-6,12H2,1-3H3,(H,13,14)(H,15,16);6,9H,5H2,1-4H3,(H,10,12);7-8H,5-6H2,1-4H3;5,7H,4,8H2,1-3H3;;;1H4. The summed E-state index contributed by atoms with van der Waals surface area (Å²) >= 11 is 0. The molecule has 0 aliphatic heterocycles. The first-order chi connectivity index (χ1) is 32.1. The quantitative estimate of drug-likeness (QED) is 0.0483. The zero-order chi connectivity index (χ0) is 56.9. The number of carbonyl (C=O) groups is 8. The summed E-state index contributed by atoms with van der Waals surface area (Å²) in [6, 6.07) is -1.70. The van der Waals surface area contributed by atoms with Crippen molar-refractivity contribution in [2.75, 3.05) is 0 Å². The van der Waals surface area contributed by atoms with E-state index < -0.39 is 12.0 Å². The van der Waals surface area contributed by atoms with Crippen LogP contribution < -0.4 is 33.2 Å². The van der Waals surface area contributed by atoms with Crippen molar-refractivity contribution in [2.24, 2.45) is 52.7 Å². The van der Waals surface area contributed by atoms with E-state index in [0.717, 1.165) is 19.3 Å². The highest BCUT2D eigenvalue weighted by atomic mass is 16.4. The van der Waals surface area contributed by atoms with Crippen LogP contribution in [0.15, 0.2) is 0 Å². The van der Waals surface area contributed by atoms with Crippen LogP contribution in [0, 0.1) is 35.5 Å². The molecule has 3 amide bonds. The van der Waals surface area contributed by atoms with Gasteiger partial charge in [0.15, 0.2) is 11.6 Å². The summed E-state index contributed by atoms with van der Waals surface area (Å²) < 4.78 is 0. The van der Waals surface area contributed by atoms with Gasteiger partial charge in [-0.15, -0.1) is 0 Å². The predicted molar refractivity (Wildman–Crippen MR) is 278 cm³/mol. The van der Waals surface area contributed by atoms with Crippen LogP contribution in [0.2, 0.25) is 0 Å². The van der Waals surface area contributed by atoms with Crippen molar-refractivity contribution in [3.8, 4) is 0 Å². The molecule has 0 aromatic carbocycles. The number of hydrogen-bond donors (Lipinski definition) is 7. The number of nitrogens with one attached hydrogen (secondary N) is 3. The van der Waals surface area contributed by atoms with Gasteiger partial charge < -0.3 is 38.3 Å². The number of carboxylic acids is 1. The number of carboxylic acid groups (broad SMARTS) is 1. The molecule has 71 heavy (non-hydrogen) atoms. The number of rotatable bonds is 26. The van der Waals surface area contributed by atoms with Crippen LogP contribution in [-0.2, 0) is 57.5 Å². The van der Waals surface area contributed by atoms with Crippen LogP contribution in [0.25, 0.3) is 0 Å². The highest BCUT2D eigenvalue weighted by Crippen LogP contribution is 2.13. The van der Waals surface area contributed by atoms with Crippen LogP contribution >= 0.6 is 0 Å². The zero-order valence-electron chi connectivity index (χ0n) is 46.3. The van der Waals surface area contributed by atoms with Gasteiger partial charge in [0.2, 0.25) is 17.7 Å². The normalized spacial score (nSPS) is 12.8. The SMILES string of the molecule is C.CC(=O)C(N)CC(C)C.CC(=O)NC(CC(C)C)C(C)=O.CC(C)CC(NC(=O)CCC(C)N)C(=O)O.CCC(=O)C(C)CC(C)C.CCC(=O)C(CC(C)C)NC(=O)CCC(C)N.O=C=O.O=C=O. The number of nitrogens with two attached hydrogens (primary N) is 3. The Kier molecular flexibility index (Phi) is 62.0. The Bertz CT molecular complexity index is 1490. The lowest BCUT2D eigenvalue weighted by Crippen LogP contribution is -2.41. The maximum Gasteiger partial charge on any atom is 0.373 e. The first kappa shape index (κ1) is 83.1. The van der Waals surface area contributed by atoms with Gasteiger partial charge in [0.1, 0.15) is 17.6 Å². The second kappa shape index (κ2) is 53.0. The number of amides is 3. The highest BCUT2D eigenvalue weighted by molar-refractivity contribution is 5.89. The fourth-order valence-corrected chi connectivity index (χ4v) is 5.84. The number of ketones is 4. The topological polar surface area (TPSA) is 339 Å². The molecule has 0 fully saturated rings. The van der Waals surface area contributed by atoms with Gasteiger partial charge in [-0.3, -0.25) is 33.6 Å². The molecule has 19 nitrogen and oxygen atoms in total. The lowest BCUT2D eigenvalue weighted by atomic mass is 9.94. The summed E-state index contributed by atoms with van der Waals surface area (Å²) in [5.41, 5.74) is 16.6. The molecule has 10 N–H and O–H groups in total. The van der Waals surface area contributed by atoms with Gasteiger partial charge in [0.25, 0.3) is 0 Å². The van der Waals surface area contributed by atoms with Gasteiger partial charge >= 0.3 is 18.3 Å². The van der Waals surface area contributed by atoms with Crippen molar-refractivity contribution in [3.63, 3.8) is 0 Å². The number of hydrogen-bond acceptors (Lipinski definition) is 15. The average molecular weight is 1020 g/mol. The van der Waals surface area contributed by atoms with Crippen molar-refractivity contribution in [1.29, 1.82) is 0 Å². The van der Waals surface area contributed by atoms with Crippen LogP contribution in [0.4, 0.5) is 0 Å². The van der Waals surface area contributed by atoms with Crippen molar-refractivity contribution in [2.45, 2.75) is 239 Å². The minimum Gasteiger partial charge on any atom is -0.480 e. The first-order valence-corrected chi connectivity index (χ1v) is 24.5. The molecule has 7 atom stereocenters. The van der Waals surface area contributed by atoms with Gasteiger partial charge in [0.05, 0.1) is 18.1 Å². The maximum absolute atomic E-state index is 11.7. The van der Waals surface area contributed by atoms with Crippen LogP contribution in [-0.4, -0.2) is 100 Å². The Morgan fingerprint density at radius 1 is 0.465 bits per heavy atom. The molecule has 0 saturated carbocycles. The average Bonchev–Trinajstić information content (AvgIpc) is 3.21. The fraction of sp³-hybridized carbons (Fsp3) is 0.808. The van der Waals surface area contributed by atoms with E-state index >= 15 is 0 Å². The third-order valence-electron chi connectivity index (χ3n) is 9.32. The minimum absolute atomic E-state index is 0. The molecule has 0 aromatic rings. The number of carbonyl (C=O) groups excluding carboxylic acids is 11. The van der Waals surface area contributed by atoms with E-state index in [1.807, 2.05) is 76.2 Å².